The Morgan fingerprint density at radius 1 is 0.963 bits per heavy atom. The van der Waals surface area contributed by atoms with Gasteiger partial charge in [-0.05, 0) is 50.0 Å². The number of rotatable bonds is 7. The van der Waals surface area contributed by atoms with E-state index in [0.717, 1.165) is 57.8 Å². The lowest BCUT2D eigenvalue weighted by Crippen LogP contribution is -2.40. The molecule has 5 heteroatoms. The quantitative estimate of drug-likeness (QED) is 0.732. The van der Waals surface area contributed by atoms with E-state index < -0.39 is 0 Å². The maximum Gasteiger partial charge on any atom is 0.119 e. The van der Waals surface area contributed by atoms with Crippen molar-refractivity contribution in [2.24, 2.45) is 0 Å². The molecule has 0 unspecified atom stereocenters. The Balaban J connectivity index is 1.22. The molecule has 1 aromatic carbocycles. The highest BCUT2D eigenvalue weighted by Gasteiger charge is 2.28. The number of benzene rings is 1. The molecule has 3 fully saturated rings. The summed E-state index contributed by atoms with van der Waals surface area (Å²) in [6.07, 6.45) is 5.53. The molecule has 0 N–H and O–H groups in total. The van der Waals surface area contributed by atoms with Gasteiger partial charge in [0.05, 0.1) is 13.2 Å². The van der Waals surface area contributed by atoms with E-state index in [1.807, 2.05) is 0 Å². The van der Waals surface area contributed by atoms with Crippen LogP contribution >= 0.6 is 0 Å². The Bertz CT molecular complexity index is 570. The van der Waals surface area contributed by atoms with Crippen LogP contribution in [0.25, 0.3) is 0 Å². The lowest BCUT2D eigenvalue weighted by molar-refractivity contribution is 0.0322. The van der Waals surface area contributed by atoms with Crippen LogP contribution in [0, 0.1) is 0 Å². The molecule has 3 aliphatic rings. The van der Waals surface area contributed by atoms with E-state index >= 15 is 0 Å². The minimum absolute atomic E-state index is 0.754. The number of morpholine rings is 1. The summed E-state index contributed by atoms with van der Waals surface area (Å²) < 4.78 is 11.4. The molecule has 3 aliphatic heterocycles. The summed E-state index contributed by atoms with van der Waals surface area (Å²) in [7, 11) is 0. The second-order valence-corrected chi connectivity index (χ2v) is 8.22. The topological polar surface area (TPSA) is 28.2 Å². The van der Waals surface area contributed by atoms with Crippen molar-refractivity contribution in [3.63, 3.8) is 0 Å². The lowest BCUT2D eigenvalue weighted by atomic mass is 10.1. The van der Waals surface area contributed by atoms with Gasteiger partial charge in [0, 0.05) is 45.3 Å². The van der Waals surface area contributed by atoms with Crippen LogP contribution in [0.5, 0.6) is 5.75 Å². The molecule has 3 saturated heterocycles. The van der Waals surface area contributed by atoms with Crippen LogP contribution in [0.3, 0.4) is 0 Å². The number of hydrogen-bond acceptors (Lipinski definition) is 5. The third kappa shape index (κ3) is 5.67. The van der Waals surface area contributed by atoms with Crippen LogP contribution in [-0.4, -0.2) is 86.4 Å². The maximum absolute atomic E-state index is 6.02. The van der Waals surface area contributed by atoms with Crippen molar-refractivity contribution in [1.82, 2.24) is 14.7 Å². The summed E-state index contributed by atoms with van der Waals surface area (Å²) in [5.74, 6) is 1.01. The van der Waals surface area contributed by atoms with Gasteiger partial charge in [0.1, 0.15) is 12.4 Å². The average Bonchev–Trinajstić information content (AvgIpc) is 3.18. The number of nitrogens with zero attached hydrogens (tertiary/aromatic N) is 3. The Labute approximate surface area is 164 Å². The van der Waals surface area contributed by atoms with E-state index in [-0.39, 0.29) is 0 Å². The summed E-state index contributed by atoms with van der Waals surface area (Å²) >= 11 is 0. The van der Waals surface area contributed by atoms with E-state index in [9.17, 15) is 0 Å². The van der Waals surface area contributed by atoms with Crippen molar-refractivity contribution in [2.45, 2.75) is 38.3 Å². The smallest absolute Gasteiger partial charge is 0.119 e. The second kappa shape index (κ2) is 9.87. The van der Waals surface area contributed by atoms with E-state index in [1.54, 1.807) is 0 Å². The third-order valence-electron chi connectivity index (χ3n) is 6.24. The van der Waals surface area contributed by atoms with Gasteiger partial charge < -0.3 is 9.47 Å². The molecule has 5 nitrogen and oxygen atoms in total. The van der Waals surface area contributed by atoms with Crippen LogP contribution in [-0.2, 0) is 11.3 Å². The SMILES string of the molecule is c1cc(CN2CC[C@@H](N3CCCCC3)C2)cc(OCCN2CCOCC2)c1. The molecule has 150 valence electrons. The molecule has 0 amide bonds. The lowest BCUT2D eigenvalue weighted by Gasteiger charge is -2.32. The van der Waals surface area contributed by atoms with Gasteiger partial charge in [-0.15, -0.1) is 0 Å². The fourth-order valence-corrected chi connectivity index (χ4v) is 4.65. The Hall–Kier alpha value is -1.14. The van der Waals surface area contributed by atoms with Crippen LogP contribution in [0.1, 0.15) is 31.2 Å². The van der Waals surface area contributed by atoms with Crippen molar-refractivity contribution in [3.8, 4) is 5.75 Å². The third-order valence-corrected chi connectivity index (χ3v) is 6.24. The average molecular weight is 374 g/mol. The number of ether oxygens (including phenoxy) is 2. The zero-order chi connectivity index (χ0) is 18.3. The van der Waals surface area contributed by atoms with Crippen LogP contribution in [0.15, 0.2) is 24.3 Å². The van der Waals surface area contributed by atoms with Crippen LogP contribution in [0.4, 0.5) is 0 Å². The van der Waals surface area contributed by atoms with E-state index in [4.69, 9.17) is 9.47 Å². The molecule has 0 saturated carbocycles. The highest BCUT2D eigenvalue weighted by atomic mass is 16.5. The summed E-state index contributed by atoms with van der Waals surface area (Å²) in [5.41, 5.74) is 1.37. The first-order chi connectivity index (χ1) is 13.4. The maximum atomic E-state index is 6.02. The van der Waals surface area contributed by atoms with Crippen molar-refractivity contribution in [2.75, 3.05) is 65.6 Å². The Morgan fingerprint density at radius 3 is 2.67 bits per heavy atom. The van der Waals surface area contributed by atoms with Crippen LogP contribution < -0.4 is 4.74 Å². The van der Waals surface area contributed by atoms with Gasteiger partial charge in [0.25, 0.3) is 0 Å². The van der Waals surface area contributed by atoms with Gasteiger partial charge in [-0.2, -0.15) is 0 Å². The largest absolute Gasteiger partial charge is 0.492 e. The monoisotopic (exact) mass is 373 g/mol. The van der Waals surface area contributed by atoms with Crippen molar-refractivity contribution < 1.29 is 9.47 Å². The predicted octanol–water partition coefficient (Wildman–Crippen LogP) is 2.46. The zero-order valence-corrected chi connectivity index (χ0v) is 16.7. The molecule has 0 spiro atoms. The summed E-state index contributed by atoms with van der Waals surface area (Å²) in [6, 6.07) is 9.47. The van der Waals surface area contributed by atoms with E-state index in [1.165, 1.54) is 57.4 Å². The first-order valence-corrected chi connectivity index (χ1v) is 10.8. The Morgan fingerprint density at radius 2 is 1.81 bits per heavy atom. The molecule has 1 atom stereocenters. The highest BCUT2D eigenvalue weighted by Crippen LogP contribution is 2.22. The summed E-state index contributed by atoms with van der Waals surface area (Å²) in [4.78, 5) is 7.76. The summed E-state index contributed by atoms with van der Waals surface area (Å²) in [6.45, 7) is 11.6. The van der Waals surface area contributed by atoms with Gasteiger partial charge >= 0.3 is 0 Å². The van der Waals surface area contributed by atoms with Gasteiger partial charge in [-0.1, -0.05) is 18.6 Å². The minimum Gasteiger partial charge on any atom is -0.492 e. The van der Waals surface area contributed by atoms with Crippen molar-refractivity contribution in [3.05, 3.63) is 29.8 Å². The van der Waals surface area contributed by atoms with Gasteiger partial charge in [-0.3, -0.25) is 14.7 Å². The van der Waals surface area contributed by atoms with Crippen molar-refractivity contribution >= 4 is 0 Å². The van der Waals surface area contributed by atoms with Gasteiger partial charge in [0.15, 0.2) is 0 Å². The second-order valence-electron chi connectivity index (χ2n) is 8.22. The zero-order valence-electron chi connectivity index (χ0n) is 16.7. The van der Waals surface area contributed by atoms with Crippen molar-refractivity contribution in [1.29, 1.82) is 0 Å². The summed E-state index contributed by atoms with van der Waals surface area (Å²) in [5, 5.41) is 0. The molecule has 3 heterocycles. The first-order valence-electron chi connectivity index (χ1n) is 10.8. The van der Waals surface area contributed by atoms with Crippen LogP contribution in [0.2, 0.25) is 0 Å². The standard InChI is InChI=1S/C22H35N3O2/c1-2-8-25(9-3-1)21-7-10-24(19-21)18-20-5-4-6-22(17-20)27-16-13-23-11-14-26-15-12-23/h4-6,17,21H,1-3,7-16,18-19H2/t21-/m1/s1. The first kappa shape index (κ1) is 19.2. The van der Waals surface area contributed by atoms with E-state index in [2.05, 4.69) is 39.0 Å². The van der Waals surface area contributed by atoms with Gasteiger partial charge in [0.2, 0.25) is 0 Å². The molecule has 27 heavy (non-hydrogen) atoms. The molecule has 0 radical (unpaired) electrons. The number of hydrogen-bond donors (Lipinski definition) is 0. The molecule has 4 rings (SSSR count). The number of likely N-dealkylation sites (tertiary alicyclic amines) is 2. The Kier molecular flexibility index (Phi) is 7.02. The fraction of sp³-hybridized carbons (Fsp3) is 0.727. The fourth-order valence-electron chi connectivity index (χ4n) is 4.65. The highest BCUT2D eigenvalue weighted by molar-refractivity contribution is 5.28. The molecular formula is C22H35N3O2. The molecular weight excluding hydrogens is 338 g/mol. The minimum atomic E-state index is 0.754. The number of piperidine rings is 1. The molecule has 0 aromatic heterocycles. The molecule has 0 bridgehead atoms. The van der Waals surface area contributed by atoms with Gasteiger partial charge in [-0.25, -0.2) is 0 Å². The normalized spacial score (nSPS) is 25.7. The van der Waals surface area contributed by atoms with E-state index in [0.29, 0.717) is 0 Å². The predicted molar refractivity (Wildman–Crippen MR) is 108 cm³/mol. The molecule has 1 aromatic rings. The molecule has 0 aliphatic carbocycles.